The molecule has 0 bridgehead atoms. The summed E-state index contributed by atoms with van der Waals surface area (Å²) in [7, 11) is 3.54. The maximum Gasteiger partial charge on any atom is 0.218 e. The van der Waals surface area contributed by atoms with Crippen molar-refractivity contribution < 1.29 is 4.39 Å². The largest absolute Gasteiger partial charge is 0.369 e. The van der Waals surface area contributed by atoms with E-state index in [9.17, 15) is 4.39 Å². The Labute approximate surface area is 118 Å². The van der Waals surface area contributed by atoms with Crippen LogP contribution in [0.2, 0.25) is 0 Å². The number of aliphatic imine (C=N–C) groups is 2. The fraction of sp³-hybridized carbons (Fsp3) is 0.333. The maximum absolute atomic E-state index is 12.7. The van der Waals surface area contributed by atoms with Crippen molar-refractivity contribution in [1.82, 2.24) is 4.90 Å². The number of halogens is 2. The van der Waals surface area contributed by atoms with Gasteiger partial charge in [0.05, 0.1) is 0 Å². The Morgan fingerprint density at radius 3 is 2.32 bits per heavy atom. The number of benzene rings is 1. The van der Waals surface area contributed by atoms with Gasteiger partial charge in [0.2, 0.25) is 5.96 Å². The molecule has 0 unspecified atom stereocenters. The first-order chi connectivity index (χ1) is 8.49. The zero-order valence-electron chi connectivity index (χ0n) is 11.0. The molecule has 4 N–H and O–H groups in total. The maximum atomic E-state index is 12.7. The van der Waals surface area contributed by atoms with Gasteiger partial charge in [0.1, 0.15) is 5.82 Å². The van der Waals surface area contributed by atoms with Gasteiger partial charge in [-0.2, -0.15) is 4.99 Å². The summed E-state index contributed by atoms with van der Waals surface area (Å²) in [4.78, 5) is 9.62. The highest BCUT2D eigenvalue weighted by Gasteiger charge is 1.97. The van der Waals surface area contributed by atoms with Crippen LogP contribution in [0.15, 0.2) is 34.3 Å². The second-order valence-electron chi connectivity index (χ2n) is 3.98. The molecule has 0 heterocycles. The second-order valence-corrected chi connectivity index (χ2v) is 3.98. The molecule has 19 heavy (non-hydrogen) atoms. The lowest BCUT2D eigenvalue weighted by molar-refractivity contribution is 0.615. The molecule has 5 nitrogen and oxygen atoms in total. The first kappa shape index (κ1) is 17.2. The Bertz CT molecular complexity index is 442. The number of nitrogens with two attached hydrogens (primary N) is 2. The molecule has 0 saturated heterocycles. The average Bonchev–Trinajstić information content (AvgIpc) is 2.31. The topological polar surface area (TPSA) is 80.0 Å². The Morgan fingerprint density at radius 1 is 1.21 bits per heavy atom. The first-order valence-electron chi connectivity index (χ1n) is 5.55. The lowest BCUT2D eigenvalue weighted by Gasteiger charge is -2.09. The van der Waals surface area contributed by atoms with E-state index in [1.807, 2.05) is 0 Å². The summed E-state index contributed by atoms with van der Waals surface area (Å²) in [6.07, 6.45) is 0.679. The lowest BCUT2D eigenvalue weighted by Crippen LogP contribution is -2.32. The molecule has 0 saturated carbocycles. The van der Waals surface area contributed by atoms with Crippen molar-refractivity contribution in [2.75, 3.05) is 20.6 Å². The van der Waals surface area contributed by atoms with Crippen LogP contribution in [-0.2, 0) is 6.42 Å². The highest BCUT2D eigenvalue weighted by atomic mass is 35.5. The van der Waals surface area contributed by atoms with Gasteiger partial charge in [-0.05, 0) is 24.1 Å². The highest BCUT2D eigenvalue weighted by Crippen LogP contribution is 2.03. The predicted molar refractivity (Wildman–Crippen MR) is 79.2 cm³/mol. The number of nitrogens with zero attached hydrogens (tertiary/aromatic N) is 3. The molecule has 0 aliphatic rings. The molecule has 1 rings (SSSR count). The summed E-state index contributed by atoms with van der Waals surface area (Å²) < 4.78 is 12.7. The molecule has 0 fully saturated rings. The third kappa shape index (κ3) is 6.61. The lowest BCUT2D eigenvalue weighted by atomic mass is 10.1. The normalized spacial score (nSPS) is 11.9. The molecule has 0 aromatic heterocycles. The van der Waals surface area contributed by atoms with Crippen LogP contribution in [0.4, 0.5) is 4.39 Å². The molecule has 0 atom stereocenters. The van der Waals surface area contributed by atoms with Crippen LogP contribution in [0.25, 0.3) is 0 Å². The predicted octanol–water partition coefficient (Wildman–Crippen LogP) is 0.981. The van der Waals surface area contributed by atoms with E-state index < -0.39 is 0 Å². The number of rotatable bonds is 3. The molecule has 0 aliphatic heterocycles. The van der Waals surface area contributed by atoms with E-state index in [2.05, 4.69) is 9.98 Å². The molecule has 0 radical (unpaired) electrons. The average molecular weight is 288 g/mol. The van der Waals surface area contributed by atoms with E-state index in [4.69, 9.17) is 11.5 Å². The zero-order valence-corrected chi connectivity index (χ0v) is 11.8. The molecular formula is C12H19ClFN5. The Morgan fingerprint density at radius 2 is 1.79 bits per heavy atom. The van der Waals surface area contributed by atoms with E-state index in [0.29, 0.717) is 18.9 Å². The monoisotopic (exact) mass is 287 g/mol. The van der Waals surface area contributed by atoms with Crippen molar-refractivity contribution in [2.24, 2.45) is 21.5 Å². The van der Waals surface area contributed by atoms with Gasteiger partial charge in [-0.15, -0.1) is 12.4 Å². The standard InChI is InChI=1S/C12H18FN5.ClH/c1-18(2)12(15)17-11(14)16-8-7-9-3-5-10(13)6-4-9;/h3-6H,7-8H2,1-2H3,(H4,14,15,16,17);1H. The van der Waals surface area contributed by atoms with Gasteiger partial charge >= 0.3 is 0 Å². The SMILES string of the molecule is CN(C)C(N)=NC(N)=NCCc1ccc(F)cc1.Cl. The molecule has 106 valence electrons. The second kappa shape index (κ2) is 8.31. The fourth-order valence-electron chi connectivity index (χ4n) is 1.20. The summed E-state index contributed by atoms with van der Waals surface area (Å²) in [5, 5.41) is 0. The molecule has 0 spiro atoms. The summed E-state index contributed by atoms with van der Waals surface area (Å²) in [5.41, 5.74) is 12.2. The van der Waals surface area contributed by atoms with Gasteiger partial charge in [-0.3, -0.25) is 4.99 Å². The minimum Gasteiger partial charge on any atom is -0.369 e. The minimum absolute atomic E-state index is 0. The summed E-state index contributed by atoms with van der Waals surface area (Å²) in [6.45, 7) is 0.488. The van der Waals surface area contributed by atoms with E-state index in [1.165, 1.54) is 12.1 Å². The smallest absolute Gasteiger partial charge is 0.218 e. The summed E-state index contributed by atoms with van der Waals surface area (Å²) in [5.74, 6) is 0.200. The van der Waals surface area contributed by atoms with Crippen molar-refractivity contribution in [2.45, 2.75) is 6.42 Å². The van der Waals surface area contributed by atoms with Gasteiger partial charge in [0, 0.05) is 20.6 Å². The zero-order chi connectivity index (χ0) is 13.5. The van der Waals surface area contributed by atoms with E-state index in [1.54, 1.807) is 31.1 Å². The van der Waals surface area contributed by atoms with Gasteiger partial charge < -0.3 is 16.4 Å². The van der Waals surface area contributed by atoms with Crippen LogP contribution in [-0.4, -0.2) is 37.5 Å². The van der Waals surface area contributed by atoms with Crippen LogP contribution in [0, 0.1) is 5.82 Å². The summed E-state index contributed by atoms with van der Waals surface area (Å²) >= 11 is 0. The molecular weight excluding hydrogens is 269 g/mol. The molecule has 0 aliphatic carbocycles. The number of hydrogen-bond donors (Lipinski definition) is 2. The van der Waals surface area contributed by atoms with Crippen LogP contribution in [0.5, 0.6) is 0 Å². The molecule has 0 amide bonds. The third-order valence-corrected chi connectivity index (χ3v) is 2.27. The minimum atomic E-state index is -0.245. The van der Waals surface area contributed by atoms with Crippen LogP contribution in [0.1, 0.15) is 5.56 Å². The number of guanidine groups is 2. The van der Waals surface area contributed by atoms with Crippen molar-refractivity contribution >= 4 is 24.3 Å². The van der Waals surface area contributed by atoms with E-state index in [-0.39, 0.29) is 24.2 Å². The molecule has 1 aromatic rings. The van der Waals surface area contributed by atoms with Crippen molar-refractivity contribution in [3.63, 3.8) is 0 Å². The van der Waals surface area contributed by atoms with Crippen molar-refractivity contribution in [3.8, 4) is 0 Å². The van der Waals surface area contributed by atoms with E-state index in [0.717, 1.165) is 5.56 Å². The molecule has 1 aromatic carbocycles. The highest BCUT2D eigenvalue weighted by molar-refractivity contribution is 5.93. The Kier molecular flexibility index (Phi) is 7.52. The van der Waals surface area contributed by atoms with Crippen molar-refractivity contribution in [3.05, 3.63) is 35.6 Å². The Balaban J connectivity index is 0.00000324. The van der Waals surface area contributed by atoms with Gasteiger partial charge in [0.25, 0.3) is 0 Å². The molecule has 7 heteroatoms. The van der Waals surface area contributed by atoms with Crippen LogP contribution < -0.4 is 11.5 Å². The van der Waals surface area contributed by atoms with Gasteiger partial charge in [-0.1, -0.05) is 12.1 Å². The first-order valence-corrected chi connectivity index (χ1v) is 5.55. The van der Waals surface area contributed by atoms with Gasteiger partial charge in [-0.25, -0.2) is 4.39 Å². The van der Waals surface area contributed by atoms with E-state index >= 15 is 0 Å². The summed E-state index contributed by atoms with van der Waals surface area (Å²) in [6, 6.07) is 6.28. The van der Waals surface area contributed by atoms with Crippen LogP contribution >= 0.6 is 12.4 Å². The fourth-order valence-corrected chi connectivity index (χ4v) is 1.20. The number of hydrogen-bond acceptors (Lipinski definition) is 1. The van der Waals surface area contributed by atoms with Crippen molar-refractivity contribution in [1.29, 1.82) is 0 Å². The van der Waals surface area contributed by atoms with Gasteiger partial charge in [0.15, 0.2) is 5.96 Å². The third-order valence-electron chi connectivity index (χ3n) is 2.27. The Hall–Kier alpha value is -1.82. The quantitative estimate of drug-likeness (QED) is 0.642. The van der Waals surface area contributed by atoms with Crippen LogP contribution in [0.3, 0.4) is 0 Å².